The smallest absolute Gasteiger partial charge is 0.256 e. The average molecular weight is 321 g/mol. The SMILES string of the molecule is COc1cccc(Cl)c1C(=O)NCC1CNCC1O.Cl. The summed E-state index contributed by atoms with van der Waals surface area (Å²) in [6.07, 6.45) is -0.423. The zero-order valence-electron chi connectivity index (χ0n) is 11.1. The molecule has 1 aromatic rings. The molecule has 0 aromatic heterocycles. The van der Waals surface area contributed by atoms with Crippen LogP contribution >= 0.6 is 24.0 Å². The van der Waals surface area contributed by atoms with E-state index < -0.39 is 6.10 Å². The van der Waals surface area contributed by atoms with Crippen LogP contribution in [0, 0.1) is 5.92 Å². The molecule has 7 heteroatoms. The molecular weight excluding hydrogens is 303 g/mol. The third-order valence-electron chi connectivity index (χ3n) is 3.25. The summed E-state index contributed by atoms with van der Waals surface area (Å²) in [5.41, 5.74) is 0.326. The molecule has 112 valence electrons. The van der Waals surface area contributed by atoms with E-state index >= 15 is 0 Å². The second kappa shape index (κ2) is 7.69. The number of ether oxygens (including phenoxy) is 1. The van der Waals surface area contributed by atoms with Crippen molar-refractivity contribution in [3.05, 3.63) is 28.8 Å². The largest absolute Gasteiger partial charge is 0.496 e. The topological polar surface area (TPSA) is 70.6 Å². The van der Waals surface area contributed by atoms with Crippen molar-refractivity contribution in [2.24, 2.45) is 5.92 Å². The minimum atomic E-state index is -0.423. The first-order valence-electron chi connectivity index (χ1n) is 6.13. The van der Waals surface area contributed by atoms with Crippen LogP contribution in [0.15, 0.2) is 18.2 Å². The van der Waals surface area contributed by atoms with Crippen molar-refractivity contribution >= 4 is 29.9 Å². The number of rotatable bonds is 4. The molecule has 0 spiro atoms. The monoisotopic (exact) mass is 320 g/mol. The minimum Gasteiger partial charge on any atom is -0.496 e. The van der Waals surface area contributed by atoms with Gasteiger partial charge in [0.05, 0.1) is 23.8 Å². The number of hydrogen-bond acceptors (Lipinski definition) is 4. The number of aliphatic hydroxyl groups excluding tert-OH is 1. The predicted octanol–water partition coefficient (Wildman–Crippen LogP) is 1.08. The quantitative estimate of drug-likeness (QED) is 0.776. The maximum atomic E-state index is 12.1. The first kappa shape index (κ1) is 17.0. The molecule has 3 N–H and O–H groups in total. The van der Waals surface area contributed by atoms with Gasteiger partial charge in [0.15, 0.2) is 0 Å². The van der Waals surface area contributed by atoms with Gasteiger partial charge in [0.25, 0.3) is 5.91 Å². The number of carbonyl (C=O) groups is 1. The van der Waals surface area contributed by atoms with Crippen LogP contribution in [-0.4, -0.2) is 43.9 Å². The number of amides is 1. The fourth-order valence-electron chi connectivity index (χ4n) is 2.13. The van der Waals surface area contributed by atoms with E-state index in [1.165, 1.54) is 7.11 Å². The highest BCUT2D eigenvalue weighted by Crippen LogP contribution is 2.26. The number of hydrogen-bond donors (Lipinski definition) is 3. The van der Waals surface area contributed by atoms with E-state index in [9.17, 15) is 9.90 Å². The summed E-state index contributed by atoms with van der Waals surface area (Å²) in [4.78, 5) is 12.1. The Bertz CT molecular complexity index is 471. The van der Waals surface area contributed by atoms with Gasteiger partial charge in [-0.1, -0.05) is 17.7 Å². The van der Waals surface area contributed by atoms with Crippen LogP contribution in [0.3, 0.4) is 0 Å². The summed E-state index contributed by atoms with van der Waals surface area (Å²) in [6, 6.07) is 5.06. The zero-order chi connectivity index (χ0) is 13.8. The lowest BCUT2D eigenvalue weighted by Gasteiger charge is -2.15. The van der Waals surface area contributed by atoms with Crippen LogP contribution < -0.4 is 15.4 Å². The van der Waals surface area contributed by atoms with Crippen molar-refractivity contribution in [3.8, 4) is 5.75 Å². The fraction of sp³-hybridized carbons (Fsp3) is 0.462. The zero-order valence-corrected chi connectivity index (χ0v) is 12.6. The Labute approximate surface area is 129 Å². The standard InChI is InChI=1S/C13H17ClN2O3.ClH/c1-19-11-4-2-3-9(14)12(11)13(18)16-6-8-5-15-7-10(8)17;/h2-4,8,10,15,17H,5-7H2,1H3,(H,16,18);1H. The fourth-order valence-corrected chi connectivity index (χ4v) is 2.39. The average Bonchev–Trinajstić information content (AvgIpc) is 2.81. The molecule has 1 fully saturated rings. The molecule has 2 rings (SSSR count). The number of β-amino-alcohol motifs (C(OH)–C–C–N with tert-alkyl or cyclic N) is 1. The van der Waals surface area contributed by atoms with Gasteiger partial charge < -0.3 is 20.5 Å². The third-order valence-corrected chi connectivity index (χ3v) is 3.57. The highest BCUT2D eigenvalue weighted by atomic mass is 35.5. The lowest BCUT2D eigenvalue weighted by Crippen LogP contribution is -2.34. The Hall–Kier alpha value is -1.01. The van der Waals surface area contributed by atoms with Gasteiger partial charge in [-0.2, -0.15) is 0 Å². The summed E-state index contributed by atoms with van der Waals surface area (Å²) in [7, 11) is 1.49. The highest BCUT2D eigenvalue weighted by Gasteiger charge is 2.26. The molecular formula is C13H18Cl2N2O3. The van der Waals surface area contributed by atoms with Gasteiger partial charge in [0.2, 0.25) is 0 Å². The molecule has 2 unspecified atom stereocenters. The third kappa shape index (κ3) is 3.76. The molecule has 1 aromatic carbocycles. The Balaban J connectivity index is 0.00000200. The van der Waals surface area contributed by atoms with E-state index in [0.29, 0.717) is 36.0 Å². The molecule has 1 aliphatic rings. The molecule has 2 atom stereocenters. The Morgan fingerprint density at radius 3 is 2.90 bits per heavy atom. The van der Waals surface area contributed by atoms with Gasteiger partial charge in [-0.05, 0) is 12.1 Å². The molecule has 1 heterocycles. The van der Waals surface area contributed by atoms with Crippen LogP contribution in [0.5, 0.6) is 5.75 Å². The number of nitrogens with one attached hydrogen (secondary N) is 2. The van der Waals surface area contributed by atoms with Crippen molar-refractivity contribution in [1.29, 1.82) is 0 Å². The molecule has 0 saturated carbocycles. The van der Waals surface area contributed by atoms with Crippen molar-refractivity contribution < 1.29 is 14.6 Å². The maximum absolute atomic E-state index is 12.1. The summed E-state index contributed by atoms with van der Waals surface area (Å²) in [5, 5.41) is 15.9. The molecule has 1 aliphatic heterocycles. The van der Waals surface area contributed by atoms with Crippen LogP contribution in [0.1, 0.15) is 10.4 Å². The van der Waals surface area contributed by atoms with Gasteiger partial charge in [-0.25, -0.2) is 0 Å². The molecule has 5 nitrogen and oxygen atoms in total. The van der Waals surface area contributed by atoms with Gasteiger partial charge in [-0.3, -0.25) is 4.79 Å². The second-order valence-corrected chi connectivity index (χ2v) is 4.92. The first-order chi connectivity index (χ1) is 9.13. The normalized spacial score (nSPS) is 21.1. The summed E-state index contributed by atoms with van der Waals surface area (Å²) in [5.74, 6) is 0.175. The summed E-state index contributed by atoms with van der Waals surface area (Å²) >= 11 is 6.02. The van der Waals surface area contributed by atoms with Gasteiger partial charge in [0, 0.05) is 25.6 Å². The molecule has 0 bridgehead atoms. The number of halogens is 2. The van der Waals surface area contributed by atoms with E-state index in [1.54, 1.807) is 18.2 Å². The van der Waals surface area contributed by atoms with E-state index in [1.807, 2.05) is 0 Å². The Morgan fingerprint density at radius 1 is 1.55 bits per heavy atom. The lowest BCUT2D eigenvalue weighted by molar-refractivity contribution is 0.0924. The molecule has 0 radical (unpaired) electrons. The number of methoxy groups -OCH3 is 1. The number of benzene rings is 1. The first-order valence-corrected chi connectivity index (χ1v) is 6.50. The van der Waals surface area contributed by atoms with Crippen molar-refractivity contribution in [1.82, 2.24) is 10.6 Å². The molecule has 0 aliphatic carbocycles. The van der Waals surface area contributed by atoms with Crippen molar-refractivity contribution in [2.75, 3.05) is 26.7 Å². The van der Waals surface area contributed by atoms with Gasteiger partial charge in [-0.15, -0.1) is 12.4 Å². The number of carbonyl (C=O) groups excluding carboxylic acids is 1. The molecule has 20 heavy (non-hydrogen) atoms. The molecule has 1 saturated heterocycles. The number of aliphatic hydroxyl groups is 1. The summed E-state index contributed by atoms with van der Waals surface area (Å²) < 4.78 is 5.13. The van der Waals surface area contributed by atoms with E-state index in [0.717, 1.165) is 0 Å². The van der Waals surface area contributed by atoms with E-state index in [-0.39, 0.29) is 24.2 Å². The predicted molar refractivity (Wildman–Crippen MR) is 80.0 cm³/mol. The second-order valence-electron chi connectivity index (χ2n) is 4.51. The lowest BCUT2D eigenvalue weighted by atomic mass is 10.1. The van der Waals surface area contributed by atoms with Crippen LogP contribution in [0.25, 0.3) is 0 Å². The van der Waals surface area contributed by atoms with Crippen LogP contribution in [0.4, 0.5) is 0 Å². The van der Waals surface area contributed by atoms with Gasteiger partial charge in [0.1, 0.15) is 5.75 Å². The maximum Gasteiger partial charge on any atom is 0.256 e. The van der Waals surface area contributed by atoms with E-state index in [4.69, 9.17) is 16.3 Å². The van der Waals surface area contributed by atoms with E-state index in [2.05, 4.69) is 10.6 Å². The Kier molecular flexibility index (Phi) is 6.55. The molecule has 1 amide bonds. The van der Waals surface area contributed by atoms with Crippen molar-refractivity contribution in [2.45, 2.75) is 6.10 Å². The van der Waals surface area contributed by atoms with Gasteiger partial charge >= 0.3 is 0 Å². The van der Waals surface area contributed by atoms with Crippen LogP contribution in [-0.2, 0) is 0 Å². The summed E-state index contributed by atoms with van der Waals surface area (Å²) in [6.45, 7) is 1.67. The van der Waals surface area contributed by atoms with Crippen molar-refractivity contribution in [3.63, 3.8) is 0 Å². The minimum absolute atomic E-state index is 0. The highest BCUT2D eigenvalue weighted by molar-refractivity contribution is 6.34. The Morgan fingerprint density at radius 2 is 2.30 bits per heavy atom. The van der Waals surface area contributed by atoms with Crippen LogP contribution in [0.2, 0.25) is 5.02 Å².